The van der Waals surface area contributed by atoms with Gasteiger partial charge in [0.2, 0.25) is 0 Å². The number of anilines is 1. The van der Waals surface area contributed by atoms with Gasteiger partial charge < -0.3 is 14.8 Å². The fraction of sp³-hybridized carbons (Fsp3) is 0.263. The van der Waals surface area contributed by atoms with E-state index in [-0.39, 0.29) is 18.8 Å². The average molecular weight is 345 g/mol. The lowest BCUT2D eigenvalue weighted by molar-refractivity contribution is -0.147. The van der Waals surface area contributed by atoms with Crippen LogP contribution in [-0.2, 0) is 20.7 Å². The van der Waals surface area contributed by atoms with Gasteiger partial charge in [-0.1, -0.05) is 23.8 Å². The molecular formula is C19H20FNO4. The van der Waals surface area contributed by atoms with Crippen molar-refractivity contribution in [2.75, 3.05) is 19.0 Å². The van der Waals surface area contributed by atoms with Crippen molar-refractivity contribution in [2.24, 2.45) is 0 Å². The quantitative estimate of drug-likeness (QED) is 0.783. The molecule has 132 valence electrons. The normalized spacial score (nSPS) is 10.2. The minimum absolute atomic E-state index is 0.0591. The number of ether oxygens (including phenoxy) is 2. The molecular weight excluding hydrogens is 325 g/mol. The number of halogens is 1. The number of hydrogen-bond acceptors (Lipinski definition) is 4. The van der Waals surface area contributed by atoms with Gasteiger partial charge in [-0.15, -0.1) is 0 Å². The van der Waals surface area contributed by atoms with Gasteiger partial charge in [-0.25, -0.2) is 4.39 Å². The molecule has 0 aliphatic heterocycles. The van der Waals surface area contributed by atoms with Gasteiger partial charge in [-0.2, -0.15) is 0 Å². The summed E-state index contributed by atoms with van der Waals surface area (Å²) in [7, 11) is 1.39. The second kappa shape index (κ2) is 8.82. The van der Waals surface area contributed by atoms with E-state index in [0.29, 0.717) is 17.7 Å². The van der Waals surface area contributed by atoms with Crippen LogP contribution in [0.3, 0.4) is 0 Å². The van der Waals surface area contributed by atoms with Gasteiger partial charge in [0.25, 0.3) is 5.91 Å². The highest BCUT2D eigenvalue weighted by Crippen LogP contribution is 2.18. The van der Waals surface area contributed by atoms with Crippen molar-refractivity contribution >= 4 is 17.6 Å². The Morgan fingerprint density at radius 3 is 2.48 bits per heavy atom. The molecule has 0 radical (unpaired) electrons. The van der Waals surface area contributed by atoms with Crippen molar-refractivity contribution < 1.29 is 23.5 Å². The van der Waals surface area contributed by atoms with Crippen LogP contribution in [0.25, 0.3) is 0 Å². The molecule has 0 bridgehead atoms. The number of carbonyl (C=O) groups is 2. The van der Waals surface area contributed by atoms with Crippen LogP contribution < -0.4 is 10.1 Å². The Labute approximate surface area is 145 Å². The zero-order chi connectivity index (χ0) is 18.2. The van der Waals surface area contributed by atoms with Crippen molar-refractivity contribution in [3.05, 3.63) is 59.4 Å². The van der Waals surface area contributed by atoms with Crippen molar-refractivity contribution in [2.45, 2.75) is 19.8 Å². The van der Waals surface area contributed by atoms with E-state index in [0.717, 1.165) is 5.56 Å². The molecule has 0 spiro atoms. The summed E-state index contributed by atoms with van der Waals surface area (Å²) in [5.74, 6) is -1.26. The molecule has 5 nitrogen and oxygen atoms in total. The second-order valence-electron chi connectivity index (χ2n) is 5.54. The van der Waals surface area contributed by atoms with Crippen LogP contribution in [0.1, 0.15) is 17.5 Å². The molecule has 6 heteroatoms. The largest absolute Gasteiger partial charge is 0.494 e. The highest BCUT2D eigenvalue weighted by atomic mass is 19.1. The van der Waals surface area contributed by atoms with Gasteiger partial charge in [0.1, 0.15) is 0 Å². The molecule has 0 saturated carbocycles. The van der Waals surface area contributed by atoms with Crippen LogP contribution in [-0.4, -0.2) is 25.6 Å². The van der Waals surface area contributed by atoms with Crippen LogP contribution in [0.4, 0.5) is 10.1 Å². The first-order chi connectivity index (χ1) is 12.0. The lowest BCUT2D eigenvalue weighted by Gasteiger charge is -2.07. The summed E-state index contributed by atoms with van der Waals surface area (Å²) in [6.45, 7) is 1.59. The molecule has 2 aromatic rings. The maximum atomic E-state index is 13.6. The molecule has 0 aromatic heterocycles. The molecule has 1 N–H and O–H groups in total. The van der Waals surface area contributed by atoms with E-state index in [4.69, 9.17) is 9.47 Å². The summed E-state index contributed by atoms with van der Waals surface area (Å²) < 4.78 is 23.3. The van der Waals surface area contributed by atoms with E-state index in [9.17, 15) is 14.0 Å². The number of carbonyl (C=O) groups excluding carboxylic acids is 2. The minimum atomic E-state index is -0.518. The predicted molar refractivity (Wildman–Crippen MR) is 92.0 cm³/mol. The van der Waals surface area contributed by atoms with Crippen LogP contribution in [0, 0.1) is 12.7 Å². The Hall–Kier alpha value is -2.89. The number of nitrogens with one attached hydrogen (secondary N) is 1. The maximum absolute atomic E-state index is 13.6. The van der Waals surface area contributed by atoms with Gasteiger partial charge in [-0.3, -0.25) is 9.59 Å². The number of aryl methyl sites for hydroxylation is 2. The van der Waals surface area contributed by atoms with E-state index >= 15 is 0 Å². The van der Waals surface area contributed by atoms with Crippen LogP contribution in [0.15, 0.2) is 42.5 Å². The van der Waals surface area contributed by atoms with Crippen molar-refractivity contribution in [1.29, 1.82) is 0 Å². The first kappa shape index (κ1) is 18.4. The molecule has 0 heterocycles. The fourth-order valence-electron chi connectivity index (χ4n) is 2.16. The highest BCUT2D eigenvalue weighted by molar-refractivity contribution is 5.92. The van der Waals surface area contributed by atoms with Crippen molar-refractivity contribution in [3.63, 3.8) is 0 Å². The number of hydrogen-bond donors (Lipinski definition) is 1. The summed E-state index contributed by atoms with van der Waals surface area (Å²) in [5, 5.41) is 2.64. The molecule has 0 aliphatic carbocycles. The second-order valence-corrected chi connectivity index (χ2v) is 5.54. The van der Waals surface area contributed by atoms with Gasteiger partial charge in [0.15, 0.2) is 18.2 Å². The van der Waals surface area contributed by atoms with Crippen LogP contribution in [0.2, 0.25) is 0 Å². The molecule has 0 saturated heterocycles. The number of amides is 1. The Bertz CT molecular complexity index is 744. The van der Waals surface area contributed by atoms with Crippen molar-refractivity contribution in [1.82, 2.24) is 0 Å². The fourth-order valence-corrected chi connectivity index (χ4v) is 2.16. The summed E-state index contributed by atoms with van der Waals surface area (Å²) in [4.78, 5) is 23.4. The van der Waals surface area contributed by atoms with E-state index in [1.165, 1.54) is 19.2 Å². The number of esters is 1. The topological polar surface area (TPSA) is 64.6 Å². The number of rotatable bonds is 7. The summed E-state index contributed by atoms with van der Waals surface area (Å²) in [6.07, 6.45) is 0.378. The Kier molecular flexibility index (Phi) is 6.51. The average Bonchev–Trinajstić information content (AvgIpc) is 2.60. The van der Waals surface area contributed by atoms with E-state index in [1.807, 2.05) is 19.1 Å². The molecule has 2 aromatic carbocycles. The maximum Gasteiger partial charge on any atom is 0.306 e. The molecule has 0 unspecified atom stereocenters. The lowest BCUT2D eigenvalue weighted by atomic mass is 10.1. The number of benzene rings is 2. The SMILES string of the molecule is COc1ccc(CCC(=O)OCC(=O)Nc2ccc(C)cc2)cc1F. The Balaban J connectivity index is 1.74. The third-order valence-corrected chi connectivity index (χ3v) is 3.53. The first-order valence-corrected chi connectivity index (χ1v) is 7.82. The number of methoxy groups -OCH3 is 1. The summed E-state index contributed by atoms with van der Waals surface area (Å²) in [6, 6.07) is 11.8. The molecule has 0 aliphatic rings. The zero-order valence-electron chi connectivity index (χ0n) is 14.2. The predicted octanol–water partition coefficient (Wildman–Crippen LogP) is 3.26. The molecule has 1 amide bonds. The molecule has 0 atom stereocenters. The van der Waals surface area contributed by atoms with E-state index in [1.54, 1.807) is 18.2 Å². The Morgan fingerprint density at radius 2 is 1.84 bits per heavy atom. The van der Waals surface area contributed by atoms with Gasteiger partial charge in [0, 0.05) is 12.1 Å². The molecule has 25 heavy (non-hydrogen) atoms. The minimum Gasteiger partial charge on any atom is -0.494 e. The third kappa shape index (κ3) is 5.91. The van der Waals surface area contributed by atoms with Crippen LogP contribution >= 0.6 is 0 Å². The monoisotopic (exact) mass is 345 g/mol. The zero-order valence-corrected chi connectivity index (χ0v) is 14.2. The summed E-state index contributed by atoms with van der Waals surface area (Å²) in [5.41, 5.74) is 2.37. The highest BCUT2D eigenvalue weighted by Gasteiger charge is 2.10. The molecule has 0 fully saturated rings. The smallest absolute Gasteiger partial charge is 0.306 e. The van der Waals surface area contributed by atoms with E-state index in [2.05, 4.69) is 5.32 Å². The standard InChI is InChI=1S/C19H20FNO4/c1-13-3-7-15(8-4-13)21-18(22)12-25-19(23)10-6-14-5-9-17(24-2)16(20)11-14/h3-5,7-9,11H,6,10,12H2,1-2H3,(H,21,22). The third-order valence-electron chi connectivity index (χ3n) is 3.53. The van der Waals surface area contributed by atoms with Crippen molar-refractivity contribution in [3.8, 4) is 5.75 Å². The summed E-state index contributed by atoms with van der Waals surface area (Å²) >= 11 is 0. The van der Waals surface area contributed by atoms with Gasteiger partial charge in [0.05, 0.1) is 7.11 Å². The van der Waals surface area contributed by atoms with Gasteiger partial charge >= 0.3 is 5.97 Å². The molecule has 2 rings (SSSR count). The Morgan fingerprint density at radius 1 is 1.12 bits per heavy atom. The lowest BCUT2D eigenvalue weighted by Crippen LogP contribution is -2.21. The van der Waals surface area contributed by atoms with Crippen LogP contribution in [0.5, 0.6) is 5.75 Å². The first-order valence-electron chi connectivity index (χ1n) is 7.82. The van der Waals surface area contributed by atoms with E-state index < -0.39 is 17.7 Å². The van der Waals surface area contributed by atoms with Gasteiger partial charge in [-0.05, 0) is 43.2 Å².